The van der Waals surface area contributed by atoms with E-state index in [2.05, 4.69) is 57.6 Å². The second kappa shape index (κ2) is 14.8. The van der Waals surface area contributed by atoms with Crippen molar-refractivity contribution in [3.63, 3.8) is 0 Å². The molecule has 4 aliphatic rings. The number of aliphatic hydroxyl groups excluding tert-OH is 1. The molecule has 12 nitrogen and oxygen atoms in total. The number of aromatic nitrogens is 1. The van der Waals surface area contributed by atoms with Crippen LogP contribution in [0, 0.1) is 11.3 Å². The summed E-state index contributed by atoms with van der Waals surface area (Å²) in [6.45, 7) is 17.6. The zero-order chi connectivity index (χ0) is 39.4. The zero-order valence-corrected chi connectivity index (χ0v) is 34.1. The van der Waals surface area contributed by atoms with Crippen molar-refractivity contribution in [3.05, 3.63) is 47.7 Å². The first-order valence-electron chi connectivity index (χ1n) is 19.7. The Kier molecular flexibility index (Phi) is 11.0. The van der Waals surface area contributed by atoms with Gasteiger partial charge in [-0.05, 0) is 98.0 Å². The van der Waals surface area contributed by atoms with Crippen LogP contribution in [0.25, 0.3) is 17.0 Å². The third-order valence-corrected chi connectivity index (χ3v) is 20.5. The van der Waals surface area contributed by atoms with Crippen molar-refractivity contribution < 1.29 is 33.8 Å². The number of amides is 3. The molecule has 2 aliphatic heterocycles. The molecule has 3 heterocycles. The number of hydrazine groups is 1. The maximum absolute atomic E-state index is 13.4. The Morgan fingerprint density at radius 3 is 2.31 bits per heavy atom. The quantitative estimate of drug-likeness (QED) is 0.159. The number of nitrogens with zero attached hydrogens (tertiary/aromatic N) is 2. The first kappa shape index (κ1) is 40.0. The number of hydrogen-bond donors (Lipinski definition) is 5. The van der Waals surface area contributed by atoms with E-state index in [-0.39, 0.29) is 33.9 Å². The van der Waals surface area contributed by atoms with Crippen molar-refractivity contribution in [1.82, 2.24) is 26.1 Å². The van der Waals surface area contributed by atoms with Crippen molar-refractivity contribution in [2.24, 2.45) is 11.3 Å². The summed E-state index contributed by atoms with van der Waals surface area (Å²) in [6, 6.07) is 7.76. The van der Waals surface area contributed by atoms with Crippen LogP contribution in [-0.2, 0) is 23.6 Å². The van der Waals surface area contributed by atoms with Crippen LogP contribution in [-0.4, -0.2) is 83.1 Å². The molecule has 54 heavy (non-hydrogen) atoms. The minimum atomic E-state index is -2.11. The van der Waals surface area contributed by atoms with Crippen molar-refractivity contribution in [3.8, 4) is 0 Å². The third kappa shape index (κ3) is 7.24. The van der Waals surface area contributed by atoms with Crippen LogP contribution in [0.3, 0.4) is 0 Å². The first-order chi connectivity index (χ1) is 25.3. The predicted molar refractivity (Wildman–Crippen MR) is 209 cm³/mol. The van der Waals surface area contributed by atoms with Crippen molar-refractivity contribution in [2.75, 3.05) is 6.54 Å². The number of carboxylic acids is 1. The Balaban J connectivity index is 1.08. The number of fused-ring (bicyclic) bond motifs is 1. The number of rotatable bonds is 13. The molecule has 3 amide bonds. The summed E-state index contributed by atoms with van der Waals surface area (Å²) >= 11 is 0. The van der Waals surface area contributed by atoms with Gasteiger partial charge in [0, 0.05) is 18.0 Å². The van der Waals surface area contributed by atoms with Gasteiger partial charge in [-0.25, -0.2) is 5.43 Å². The highest BCUT2D eigenvalue weighted by molar-refractivity contribution is 6.92. The van der Waals surface area contributed by atoms with Crippen LogP contribution >= 0.6 is 0 Å². The SMILES string of the molecule is CC(C)[Si]1(OC2CCC(/C=C/c3ccc4ccc([C@@H](C)NC(=O)[C@@H]5CCCN(C(=O)[C@H](C)NC(=O)[C@@H](O)C6CC6)N5)nc4c3)(C(=O)O)C2)C(C)(C)C1(C)C. The average molecular weight is 762 g/mol. The van der Waals surface area contributed by atoms with Crippen LogP contribution in [0.2, 0.25) is 15.6 Å². The molecule has 294 valence electrons. The van der Waals surface area contributed by atoms with Crippen LogP contribution in [0.4, 0.5) is 0 Å². The van der Waals surface area contributed by atoms with Gasteiger partial charge in [-0.2, -0.15) is 0 Å². The highest BCUT2D eigenvalue weighted by atomic mass is 28.4. The van der Waals surface area contributed by atoms with E-state index >= 15 is 0 Å². The normalized spacial score (nSPS) is 27.4. The summed E-state index contributed by atoms with van der Waals surface area (Å²) in [5.41, 5.74) is 4.70. The molecule has 6 rings (SSSR count). The number of hydrogen-bond acceptors (Lipinski definition) is 8. The van der Waals surface area contributed by atoms with Crippen LogP contribution < -0.4 is 16.1 Å². The maximum Gasteiger partial charge on any atom is 0.313 e. The summed E-state index contributed by atoms with van der Waals surface area (Å²) in [5, 5.41) is 28.7. The Labute approximate surface area is 320 Å². The van der Waals surface area contributed by atoms with Gasteiger partial charge in [0.25, 0.3) is 5.91 Å². The lowest BCUT2D eigenvalue weighted by atomic mass is 9.85. The minimum absolute atomic E-state index is 0.0413. The van der Waals surface area contributed by atoms with E-state index in [1.165, 1.54) is 5.01 Å². The van der Waals surface area contributed by atoms with E-state index in [0.29, 0.717) is 43.5 Å². The van der Waals surface area contributed by atoms with E-state index < -0.39 is 49.8 Å². The Morgan fingerprint density at radius 2 is 1.69 bits per heavy atom. The van der Waals surface area contributed by atoms with Gasteiger partial charge in [0.1, 0.15) is 18.2 Å². The molecule has 2 unspecified atom stereocenters. The molecule has 5 N–H and O–H groups in total. The molecule has 4 fully saturated rings. The molecule has 1 aromatic carbocycles. The average Bonchev–Trinajstić information content (AvgIpc) is 3.97. The molecule has 6 atom stereocenters. The van der Waals surface area contributed by atoms with Gasteiger partial charge in [0.15, 0.2) is 0 Å². The topological polar surface area (TPSA) is 170 Å². The summed E-state index contributed by atoms with van der Waals surface area (Å²) < 4.78 is 7.03. The smallest absolute Gasteiger partial charge is 0.313 e. The molecule has 2 aromatic rings. The number of aliphatic hydroxyl groups is 1. The lowest BCUT2D eigenvalue weighted by Gasteiger charge is -2.35. The summed E-state index contributed by atoms with van der Waals surface area (Å²) in [4.78, 5) is 56.4. The number of nitrogens with one attached hydrogen (secondary N) is 3. The number of benzene rings is 1. The van der Waals surface area contributed by atoms with Crippen molar-refractivity contribution in [1.29, 1.82) is 0 Å². The summed E-state index contributed by atoms with van der Waals surface area (Å²) in [6.07, 6.45) is 7.01. The van der Waals surface area contributed by atoms with Crippen LogP contribution in [0.5, 0.6) is 0 Å². The van der Waals surface area contributed by atoms with Gasteiger partial charge >= 0.3 is 5.97 Å². The zero-order valence-electron chi connectivity index (χ0n) is 33.1. The number of carboxylic acid groups (broad SMARTS) is 1. The number of carbonyl (C=O) groups is 4. The summed E-state index contributed by atoms with van der Waals surface area (Å²) in [5.74, 6) is -2.06. The largest absolute Gasteiger partial charge is 0.481 e. The van der Waals surface area contributed by atoms with Crippen molar-refractivity contribution >= 4 is 49.0 Å². The third-order valence-electron chi connectivity index (χ3n) is 13.4. The predicted octanol–water partition coefficient (Wildman–Crippen LogP) is 5.77. The van der Waals surface area contributed by atoms with Gasteiger partial charge in [0.05, 0.1) is 22.7 Å². The van der Waals surface area contributed by atoms with Crippen molar-refractivity contribution in [2.45, 2.75) is 146 Å². The number of aliphatic carboxylic acids is 1. The number of carbonyl (C=O) groups excluding carboxylic acids is 3. The second-order valence-corrected chi connectivity index (χ2v) is 23.0. The Hall–Kier alpha value is -3.65. The first-order valence-corrected chi connectivity index (χ1v) is 21.7. The minimum Gasteiger partial charge on any atom is -0.481 e. The van der Waals surface area contributed by atoms with E-state index in [9.17, 15) is 29.4 Å². The van der Waals surface area contributed by atoms with E-state index in [1.54, 1.807) is 6.92 Å². The molecule has 0 bridgehead atoms. The van der Waals surface area contributed by atoms with E-state index in [4.69, 9.17) is 9.41 Å². The highest BCUT2D eigenvalue weighted by Gasteiger charge is 2.82. The van der Waals surface area contributed by atoms with E-state index in [0.717, 1.165) is 35.7 Å². The Bertz CT molecular complexity index is 1810. The van der Waals surface area contributed by atoms with Gasteiger partial charge in [-0.15, -0.1) is 0 Å². The maximum atomic E-state index is 13.4. The molecule has 2 aliphatic carbocycles. The molecule has 2 saturated heterocycles. The van der Waals surface area contributed by atoms with Crippen LogP contribution in [0.15, 0.2) is 36.4 Å². The monoisotopic (exact) mass is 761 g/mol. The second-order valence-electron chi connectivity index (χ2n) is 17.7. The fraction of sp³-hybridized carbons (Fsp3) is 0.634. The lowest BCUT2D eigenvalue weighted by Crippen LogP contribution is -2.61. The molecule has 0 spiro atoms. The standard InChI is InChI=1S/C41H59N5O7Si/c1-24(2)54(39(5,6)40(54,7)8)53-30-18-20-41(23-30,38(51)52)19-17-27-11-12-28-15-16-31(44-33(28)22-27)25(3)42-35(48)32-10-9-21-46(45-32)37(50)26(4)43-36(49)34(47)29-13-14-29/h11-12,15-17,19,22,24-26,29-30,32,34,45,47H,9-10,13-14,18,20-21,23H2,1-8H3,(H,42,48)(H,43,49)(H,51,52)/b19-17+/t25-,26+,30?,32+,34+,41?/m1/s1. The molecule has 1 aromatic heterocycles. The van der Waals surface area contributed by atoms with Gasteiger partial charge in [0.2, 0.25) is 20.1 Å². The molecule has 13 heteroatoms. The van der Waals surface area contributed by atoms with E-state index in [1.807, 2.05) is 49.4 Å². The fourth-order valence-electron chi connectivity index (χ4n) is 9.48. The van der Waals surface area contributed by atoms with Gasteiger partial charge in [-0.1, -0.05) is 71.9 Å². The number of pyridine rings is 1. The molecular weight excluding hydrogens is 703 g/mol. The van der Waals surface area contributed by atoms with Gasteiger partial charge in [-0.3, -0.25) is 29.2 Å². The highest BCUT2D eigenvalue weighted by Crippen LogP contribution is 2.84. The van der Waals surface area contributed by atoms with Gasteiger partial charge < -0.3 is 25.3 Å². The Morgan fingerprint density at radius 1 is 1.00 bits per heavy atom. The fourth-order valence-corrected chi connectivity index (χ4v) is 16.9. The molecule has 2 saturated carbocycles. The molecular formula is C41H59N5O7Si. The molecule has 0 radical (unpaired) electrons. The summed E-state index contributed by atoms with van der Waals surface area (Å²) in [7, 11) is -2.11. The van der Waals surface area contributed by atoms with Crippen LogP contribution in [0.1, 0.15) is 118 Å². The lowest BCUT2D eigenvalue weighted by molar-refractivity contribution is -0.146.